The lowest BCUT2D eigenvalue weighted by molar-refractivity contribution is 0.0341. The lowest BCUT2D eigenvalue weighted by atomic mass is 9.97. The van der Waals surface area contributed by atoms with Crippen LogP contribution in [0.3, 0.4) is 0 Å². The van der Waals surface area contributed by atoms with Gasteiger partial charge in [0.15, 0.2) is 11.6 Å². The molecule has 6 heterocycles. The normalized spacial score (nSPS) is 18.3. The molecule has 0 aliphatic carbocycles. The van der Waals surface area contributed by atoms with E-state index >= 15 is 0 Å². The molecule has 2 saturated heterocycles. The molecule has 0 saturated carbocycles. The molecule has 302 valence electrons. The fourth-order valence-corrected chi connectivity index (χ4v) is 5.51. The van der Waals surface area contributed by atoms with E-state index in [4.69, 9.17) is 35.5 Å². The lowest BCUT2D eigenvalue weighted by Crippen LogP contribution is -2.29. The fraction of sp³-hybridized carbons (Fsp3) is 0.412. The molecule has 0 bridgehead atoms. The number of nitrogens with one attached hydrogen (secondary N) is 2. The molecule has 6 rings (SSSR count). The van der Waals surface area contributed by atoms with Crippen LogP contribution in [0.15, 0.2) is 36.7 Å². The monoisotopic (exact) mass is 896 g/mol. The molecule has 4 aromatic rings. The Morgan fingerprint density at radius 3 is 1.50 bits per heavy atom. The molecule has 19 nitrogen and oxygen atoms in total. The van der Waals surface area contributed by atoms with Gasteiger partial charge in [-0.25, -0.2) is 0 Å². The number of hydrogen-bond donors (Lipinski definition) is 5. The molecule has 2 aliphatic heterocycles. The summed E-state index contributed by atoms with van der Waals surface area (Å²) < 4.78 is 50.8. The van der Waals surface area contributed by atoms with Crippen molar-refractivity contribution in [1.29, 1.82) is 10.5 Å². The number of rotatable bonds is 10. The molecule has 4 aromatic heterocycles. The van der Waals surface area contributed by atoms with Gasteiger partial charge in [-0.2, -0.15) is 39.5 Å². The Hall–Kier alpha value is -5.69. The van der Waals surface area contributed by atoms with Crippen molar-refractivity contribution in [3.05, 3.63) is 59.7 Å². The van der Waals surface area contributed by atoms with E-state index in [1.54, 1.807) is 0 Å². The SMILES string of the molecule is C.CO.COc1cc(Nc2nn([C@H]3COCC[C@@H]3C#N)cc2C(N)=O)cc(F)n1.COc1cc(Nc2nn([C@H]3COCC[C@@H]3C#N)cc2C(N)=O)cc(F)n1.I. The topological polar surface area (TPSA) is 276 Å². The summed E-state index contributed by atoms with van der Waals surface area (Å²) >= 11 is 0. The number of primary amides is 2. The number of nitrogens with zero attached hydrogens (tertiary/aromatic N) is 8. The Bertz CT molecular complexity index is 1880. The number of aliphatic hydroxyl groups is 1. The van der Waals surface area contributed by atoms with E-state index in [2.05, 4.69) is 42.9 Å². The lowest BCUT2D eigenvalue weighted by Gasteiger charge is -2.26. The number of halogens is 3. The Morgan fingerprint density at radius 1 is 0.804 bits per heavy atom. The second-order valence-corrected chi connectivity index (χ2v) is 11.5. The third-order valence-electron chi connectivity index (χ3n) is 8.14. The molecule has 22 heteroatoms. The summed E-state index contributed by atoms with van der Waals surface area (Å²) in [4.78, 5) is 30.6. The summed E-state index contributed by atoms with van der Waals surface area (Å²) in [6.45, 7) is 1.60. The Kier molecular flexibility index (Phi) is 18.3. The maximum atomic E-state index is 13.6. The number of pyridine rings is 2. The highest BCUT2D eigenvalue weighted by Crippen LogP contribution is 2.31. The molecule has 4 atom stereocenters. The quantitative estimate of drug-likeness (QED) is 0.112. The van der Waals surface area contributed by atoms with Crippen molar-refractivity contribution >= 4 is 58.8 Å². The number of aliphatic hydroxyl groups excluding tert-OH is 1. The smallest absolute Gasteiger partial charge is 0.254 e. The summed E-state index contributed by atoms with van der Waals surface area (Å²) in [7, 11) is 3.72. The number of methoxy groups -OCH3 is 2. The molecule has 0 unspecified atom stereocenters. The van der Waals surface area contributed by atoms with Crippen molar-refractivity contribution in [2.75, 3.05) is 58.4 Å². The predicted molar refractivity (Wildman–Crippen MR) is 207 cm³/mol. The first-order valence-corrected chi connectivity index (χ1v) is 16.2. The van der Waals surface area contributed by atoms with E-state index in [1.807, 2.05) is 0 Å². The second-order valence-electron chi connectivity index (χ2n) is 11.5. The summed E-state index contributed by atoms with van der Waals surface area (Å²) in [6, 6.07) is 8.95. The van der Waals surface area contributed by atoms with Crippen LogP contribution in [-0.4, -0.2) is 94.2 Å². The van der Waals surface area contributed by atoms with E-state index < -0.39 is 23.7 Å². The van der Waals surface area contributed by atoms with Gasteiger partial charge in [0.05, 0.1) is 63.5 Å². The van der Waals surface area contributed by atoms with Crippen molar-refractivity contribution in [1.82, 2.24) is 29.5 Å². The average Bonchev–Trinajstić information content (AvgIpc) is 3.80. The third-order valence-corrected chi connectivity index (χ3v) is 8.14. The van der Waals surface area contributed by atoms with Crippen LogP contribution < -0.4 is 31.6 Å². The molecule has 2 aliphatic rings. The van der Waals surface area contributed by atoms with Crippen molar-refractivity contribution < 1.29 is 42.4 Å². The average molecular weight is 897 g/mol. The Labute approximate surface area is 337 Å². The van der Waals surface area contributed by atoms with Gasteiger partial charge in [0.1, 0.15) is 11.1 Å². The molecule has 2 fully saturated rings. The van der Waals surface area contributed by atoms with E-state index in [9.17, 15) is 28.9 Å². The molecule has 0 radical (unpaired) electrons. The maximum Gasteiger partial charge on any atom is 0.254 e. The van der Waals surface area contributed by atoms with Gasteiger partial charge < -0.3 is 46.2 Å². The number of hydrogen-bond acceptors (Lipinski definition) is 15. The molecular weight excluding hydrogens is 853 g/mol. The Balaban J connectivity index is 0.000000358. The number of aromatic nitrogens is 6. The predicted octanol–water partition coefficient (Wildman–Crippen LogP) is 3.60. The van der Waals surface area contributed by atoms with Crippen LogP contribution in [0.1, 0.15) is 53.1 Å². The van der Waals surface area contributed by atoms with E-state index in [1.165, 1.54) is 48.1 Å². The number of nitriles is 2. The summed E-state index contributed by atoms with van der Waals surface area (Å²) in [5, 5.41) is 40.0. The van der Waals surface area contributed by atoms with Crippen LogP contribution in [0.5, 0.6) is 11.8 Å². The highest BCUT2D eigenvalue weighted by molar-refractivity contribution is 14.0. The van der Waals surface area contributed by atoms with Gasteiger partial charge in [0.2, 0.25) is 23.7 Å². The first-order valence-electron chi connectivity index (χ1n) is 16.2. The number of carbonyl (C=O) groups is 2. The van der Waals surface area contributed by atoms with Crippen molar-refractivity contribution in [3.8, 4) is 23.9 Å². The van der Waals surface area contributed by atoms with E-state index in [0.717, 1.165) is 19.2 Å². The number of anilines is 4. The number of carbonyl (C=O) groups excluding carboxylic acids is 2. The first-order chi connectivity index (χ1) is 26.0. The van der Waals surface area contributed by atoms with Crippen LogP contribution in [-0.2, 0) is 9.47 Å². The Morgan fingerprint density at radius 2 is 1.18 bits per heavy atom. The van der Waals surface area contributed by atoms with Crippen LogP contribution in [0.25, 0.3) is 0 Å². The minimum atomic E-state index is -0.753. The van der Waals surface area contributed by atoms with Gasteiger partial charge in [0, 0.05) is 68.4 Å². The van der Waals surface area contributed by atoms with Gasteiger partial charge in [-0.3, -0.25) is 19.0 Å². The van der Waals surface area contributed by atoms with Crippen molar-refractivity contribution in [2.45, 2.75) is 32.4 Å². The van der Waals surface area contributed by atoms with Gasteiger partial charge in [-0.15, -0.1) is 24.0 Å². The van der Waals surface area contributed by atoms with Crippen LogP contribution in [0, 0.1) is 46.4 Å². The van der Waals surface area contributed by atoms with Crippen LogP contribution in [0.2, 0.25) is 0 Å². The van der Waals surface area contributed by atoms with Crippen molar-refractivity contribution in [3.63, 3.8) is 0 Å². The van der Waals surface area contributed by atoms with E-state index in [-0.39, 0.29) is 89.8 Å². The highest BCUT2D eigenvalue weighted by Gasteiger charge is 2.31. The number of nitrogens with two attached hydrogens (primary N) is 2. The highest BCUT2D eigenvalue weighted by atomic mass is 127. The van der Waals surface area contributed by atoms with Gasteiger partial charge >= 0.3 is 0 Å². The zero-order chi connectivity index (χ0) is 39.4. The second kappa shape index (κ2) is 22.0. The van der Waals surface area contributed by atoms with Gasteiger partial charge in [-0.05, 0) is 12.8 Å². The number of ether oxygens (including phenoxy) is 4. The third kappa shape index (κ3) is 11.7. The first kappa shape index (κ1) is 46.5. The molecule has 0 spiro atoms. The molecule has 7 N–H and O–H groups in total. The van der Waals surface area contributed by atoms with Crippen LogP contribution >= 0.6 is 24.0 Å². The maximum absolute atomic E-state index is 13.6. The summed E-state index contributed by atoms with van der Waals surface area (Å²) in [5.74, 6) is -3.08. The standard InChI is InChI=1S/2C16H17FN6O3.CH4O.CH4.HI/c2*1-25-14-5-10(4-13(17)21-14)20-16-11(15(19)24)7-23(22-16)12-8-26-3-2-9(12)6-18;1-2;;/h2*4-5,7,9,12H,2-3,8H2,1H3,(H2,19,24)(H,20,21,22);2H,1H3;1H4;1H/t2*9-,12+;;;/m11.../s1. The fourth-order valence-electron chi connectivity index (χ4n) is 5.51. The number of amides is 2. The molecule has 0 aromatic carbocycles. The minimum Gasteiger partial charge on any atom is -0.481 e. The summed E-state index contributed by atoms with van der Waals surface area (Å²) in [6.07, 6.45) is 4.07. The molecule has 2 amide bonds. The summed E-state index contributed by atoms with van der Waals surface area (Å²) in [5.41, 5.74) is 11.7. The zero-order valence-electron chi connectivity index (χ0n) is 29.8. The zero-order valence-corrected chi connectivity index (χ0v) is 32.1. The van der Waals surface area contributed by atoms with Crippen molar-refractivity contribution in [2.24, 2.45) is 23.3 Å². The largest absolute Gasteiger partial charge is 0.481 e. The van der Waals surface area contributed by atoms with Crippen LogP contribution in [0.4, 0.5) is 31.8 Å². The van der Waals surface area contributed by atoms with Gasteiger partial charge in [-0.1, -0.05) is 7.43 Å². The molecule has 56 heavy (non-hydrogen) atoms. The molecular formula is C34H43F2IN12O7. The minimum absolute atomic E-state index is 0. The van der Waals surface area contributed by atoms with E-state index in [0.29, 0.717) is 50.6 Å². The van der Waals surface area contributed by atoms with Gasteiger partial charge in [0.25, 0.3) is 11.8 Å².